The topological polar surface area (TPSA) is 77.8 Å². The highest BCUT2D eigenvalue weighted by atomic mass is 35.5. The van der Waals surface area contributed by atoms with Gasteiger partial charge in [-0.15, -0.1) is 0 Å². The first kappa shape index (κ1) is 8.83. The molecule has 6 heteroatoms. The second-order valence-electron chi connectivity index (χ2n) is 2.74. The molecule has 0 saturated heterocycles. The van der Waals surface area contributed by atoms with E-state index in [9.17, 15) is 9.59 Å². The smallest absolute Gasteiger partial charge is 0.312 e. The zero-order valence-electron chi connectivity index (χ0n) is 6.93. The molecule has 14 heavy (non-hydrogen) atoms. The molecule has 0 bridgehead atoms. The van der Waals surface area contributed by atoms with E-state index in [1.54, 1.807) is 18.2 Å². The van der Waals surface area contributed by atoms with E-state index in [-0.39, 0.29) is 5.69 Å². The van der Waals surface area contributed by atoms with Crippen LogP contribution in [-0.2, 0) is 0 Å². The lowest BCUT2D eigenvalue weighted by Crippen LogP contribution is -2.00. The molecule has 1 heterocycles. The minimum atomic E-state index is -0.665. The molecule has 0 atom stereocenters. The Morgan fingerprint density at radius 2 is 2.00 bits per heavy atom. The van der Waals surface area contributed by atoms with Crippen LogP contribution in [-0.4, -0.2) is 15.3 Å². The summed E-state index contributed by atoms with van der Waals surface area (Å²) < 4.78 is 0. The van der Waals surface area contributed by atoms with Crippen molar-refractivity contribution in [3.8, 4) is 0 Å². The van der Waals surface area contributed by atoms with Crippen LogP contribution in [0.2, 0.25) is 0 Å². The number of imidazole rings is 1. The lowest BCUT2D eigenvalue weighted by molar-refractivity contribution is 0.269. The van der Waals surface area contributed by atoms with Crippen molar-refractivity contribution in [3.05, 3.63) is 28.7 Å². The Balaban J connectivity index is 2.50. The maximum absolute atomic E-state index is 10.9. The van der Waals surface area contributed by atoms with Gasteiger partial charge in [0.25, 0.3) is 0 Å². The van der Waals surface area contributed by atoms with Crippen molar-refractivity contribution in [2.75, 3.05) is 5.32 Å². The summed E-state index contributed by atoms with van der Waals surface area (Å²) in [6.07, 6.45) is 0. The van der Waals surface area contributed by atoms with Crippen molar-refractivity contribution in [2.24, 2.45) is 0 Å². The average Bonchev–Trinajstić information content (AvgIpc) is 2.42. The van der Waals surface area contributed by atoms with Crippen molar-refractivity contribution in [1.29, 1.82) is 0 Å². The van der Waals surface area contributed by atoms with E-state index in [0.29, 0.717) is 16.7 Å². The second kappa shape index (κ2) is 3.19. The van der Waals surface area contributed by atoms with E-state index in [1.165, 1.54) is 0 Å². The van der Waals surface area contributed by atoms with Gasteiger partial charge in [0.15, 0.2) is 0 Å². The van der Waals surface area contributed by atoms with E-state index in [1.807, 2.05) is 0 Å². The van der Waals surface area contributed by atoms with Gasteiger partial charge in [0.2, 0.25) is 0 Å². The zero-order chi connectivity index (χ0) is 10.1. The number of nitrogens with one attached hydrogen (secondary N) is 3. The number of hydrogen-bond donors (Lipinski definition) is 3. The third kappa shape index (κ3) is 1.62. The summed E-state index contributed by atoms with van der Waals surface area (Å²) in [6, 6.07) is 4.94. The molecule has 5 nitrogen and oxygen atoms in total. The Kier molecular flexibility index (Phi) is 2.01. The number of fused-ring (bicyclic) bond motifs is 1. The van der Waals surface area contributed by atoms with E-state index < -0.39 is 5.37 Å². The first-order valence-corrected chi connectivity index (χ1v) is 4.21. The van der Waals surface area contributed by atoms with E-state index in [4.69, 9.17) is 11.6 Å². The van der Waals surface area contributed by atoms with Crippen LogP contribution >= 0.6 is 11.6 Å². The molecule has 3 N–H and O–H groups in total. The Morgan fingerprint density at radius 3 is 2.71 bits per heavy atom. The van der Waals surface area contributed by atoms with Crippen LogP contribution in [0.5, 0.6) is 0 Å². The van der Waals surface area contributed by atoms with Gasteiger partial charge in [0, 0.05) is 5.69 Å². The summed E-state index contributed by atoms with van der Waals surface area (Å²) >= 11 is 5.14. The van der Waals surface area contributed by atoms with Crippen LogP contribution in [0, 0.1) is 0 Å². The Bertz CT molecular complexity index is 543. The number of carbonyl (C=O) groups is 1. The third-order valence-electron chi connectivity index (χ3n) is 1.76. The Hall–Kier alpha value is -1.75. The fraction of sp³-hybridized carbons (Fsp3) is 0. The number of anilines is 1. The van der Waals surface area contributed by atoms with Crippen molar-refractivity contribution in [1.82, 2.24) is 9.97 Å². The SMILES string of the molecule is O=C(Cl)Nc1ccc2[nH]c(=O)[nH]c2c1. The van der Waals surface area contributed by atoms with Gasteiger partial charge in [0.1, 0.15) is 0 Å². The van der Waals surface area contributed by atoms with Crippen LogP contribution in [0.4, 0.5) is 10.5 Å². The van der Waals surface area contributed by atoms with Gasteiger partial charge < -0.3 is 15.3 Å². The number of carbonyl (C=O) groups excluding carboxylic acids is 1. The van der Waals surface area contributed by atoms with Gasteiger partial charge in [-0.25, -0.2) is 4.79 Å². The molecule has 0 saturated carbocycles. The van der Waals surface area contributed by atoms with Gasteiger partial charge >= 0.3 is 11.1 Å². The summed E-state index contributed by atoms with van der Waals surface area (Å²) in [7, 11) is 0. The number of amides is 1. The Morgan fingerprint density at radius 1 is 1.29 bits per heavy atom. The monoisotopic (exact) mass is 211 g/mol. The minimum absolute atomic E-state index is 0.283. The molecule has 0 aliphatic heterocycles. The van der Waals surface area contributed by atoms with Crippen LogP contribution < -0.4 is 11.0 Å². The van der Waals surface area contributed by atoms with Gasteiger partial charge in [-0.1, -0.05) is 0 Å². The molecule has 2 aromatic rings. The van der Waals surface area contributed by atoms with Gasteiger partial charge in [-0.2, -0.15) is 0 Å². The quantitative estimate of drug-likeness (QED) is 0.495. The fourth-order valence-electron chi connectivity index (χ4n) is 1.22. The average molecular weight is 212 g/mol. The minimum Gasteiger partial charge on any atom is -0.312 e. The molecule has 1 aromatic carbocycles. The summed E-state index contributed by atoms with van der Waals surface area (Å²) in [4.78, 5) is 26.6. The lowest BCUT2D eigenvalue weighted by atomic mass is 10.3. The van der Waals surface area contributed by atoms with E-state index >= 15 is 0 Å². The highest BCUT2D eigenvalue weighted by Crippen LogP contribution is 2.14. The molecule has 72 valence electrons. The number of aromatic amines is 2. The molecule has 0 aliphatic carbocycles. The van der Waals surface area contributed by atoms with Gasteiger partial charge in [-0.05, 0) is 29.8 Å². The van der Waals surface area contributed by atoms with E-state index in [2.05, 4.69) is 15.3 Å². The highest BCUT2D eigenvalue weighted by molar-refractivity contribution is 6.65. The number of rotatable bonds is 1. The lowest BCUT2D eigenvalue weighted by Gasteiger charge is -1.98. The molecule has 1 aromatic heterocycles. The second-order valence-corrected chi connectivity index (χ2v) is 3.08. The van der Waals surface area contributed by atoms with Crippen molar-refractivity contribution in [3.63, 3.8) is 0 Å². The van der Waals surface area contributed by atoms with Crippen LogP contribution in [0.15, 0.2) is 23.0 Å². The molecule has 0 fully saturated rings. The molecular weight excluding hydrogens is 206 g/mol. The van der Waals surface area contributed by atoms with Gasteiger partial charge in [0.05, 0.1) is 11.0 Å². The van der Waals surface area contributed by atoms with Crippen LogP contribution in [0.3, 0.4) is 0 Å². The molecule has 0 unspecified atom stereocenters. The Labute approximate surface area is 83.1 Å². The molecule has 1 amide bonds. The number of aromatic nitrogens is 2. The van der Waals surface area contributed by atoms with Crippen LogP contribution in [0.25, 0.3) is 11.0 Å². The fourth-order valence-corrected chi connectivity index (χ4v) is 1.33. The predicted molar refractivity (Wildman–Crippen MR) is 53.8 cm³/mol. The number of benzene rings is 1. The molecular formula is C8H6ClN3O2. The number of halogens is 1. The largest absolute Gasteiger partial charge is 0.323 e. The highest BCUT2D eigenvalue weighted by Gasteiger charge is 2.01. The zero-order valence-corrected chi connectivity index (χ0v) is 7.68. The summed E-state index contributed by atoms with van der Waals surface area (Å²) in [5, 5.41) is 1.73. The maximum Gasteiger partial charge on any atom is 0.323 e. The summed E-state index contributed by atoms with van der Waals surface area (Å²) in [5.74, 6) is 0. The number of H-pyrrole nitrogens is 2. The standard InChI is InChI=1S/C8H6ClN3O2/c9-7(13)10-4-1-2-5-6(3-4)12-8(14)11-5/h1-3H,(H,10,13)(H2,11,12,14). The van der Waals surface area contributed by atoms with Gasteiger partial charge in [-0.3, -0.25) is 4.79 Å². The number of hydrogen-bond acceptors (Lipinski definition) is 2. The summed E-state index contributed by atoms with van der Waals surface area (Å²) in [5.41, 5.74) is 1.56. The molecule has 0 spiro atoms. The first-order chi connectivity index (χ1) is 6.65. The molecule has 0 aliphatic rings. The predicted octanol–water partition coefficient (Wildman–Crippen LogP) is 1.63. The summed E-state index contributed by atoms with van der Waals surface area (Å²) in [6.45, 7) is 0. The first-order valence-electron chi connectivity index (χ1n) is 3.84. The normalized spacial score (nSPS) is 10.4. The maximum atomic E-state index is 10.9. The van der Waals surface area contributed by atoms with Crippen LogP contribution in [0.1, 0.15) is 0 Å². The third-order valence-corrected chi connectivity index (χ3v) is 1.85. The van der Waals surface area contributed by atoms with E-state index in [0.717, 1.165) is 0 Å². The molecule has 0 radical (unpaired) electrons. The molecule has 2 rings (SSSR count). The van der Waals surface area contributed by atoms with Crippen molar-refractivity contribution in [2.45, 2.75) is 0 Å². The van der Waals surface area contributed by atoms with Crippen molar-refractivity contribution >= 4 is 33.7 Å². The van der Waals surface area contributed by atoms with Crippen molar-refractivity contribution < 1.29 is 4.79 Å².